The van der Waals surface area contributed by atoms with Gasteiger partial charge in [-0.3, -0.25) is 0 Å². The highest BCUT2D eigenvalue weighted by Gasteiger charge is 2.12. The Labute approximate surface area is 120 Å². The van der Waals surface area contributed by atoms with Crippen LogP contribution in [0.25, 0.3) is 0 Å². The largest absolute Gasteiger partial charge is 0.373 e. The van der Waals surface area contributed by atoms with Crippen molar-refractivity contribution in [2.75, 3.05) is 37.0 Å². The van der Waals surface area contributed by atoms with Gasteiger partial charge in [0.05, 0.1) is 5.75 Å². The van der Waals surface area contributed by atoms with Gasteiger partial charge in [0.25, 0.3) is 0 Å². The maximum Gasteiger partial charge on any atom is 0.149 e. The normalized spacial score (nSPS) is 11.6. The van der Waals surface area contributed by atoms with E-state index in [2.05, 4.69) is 5.32 Å². The third-order valence-corrected chi connectivity index (χ3v) is 4.13. The van der Waals surface area contributed by atoms with Crippen LogP contribution in [-0.2, 0) is 16.4 Å². The lowest BCUT2D eigenvalue weighted by atomic mass is 10.1. The molecule has 108 valence electrons. The van der Waals surface area contributed by atoms with Crippen LogP contribution >= 0.6 is 11.6 Å². The van der Waals surface area contributed by atoms with Crippen molar-refractivity contribution in [1.82, 2.24) is 5.32 Å². The molecule has 0 saturated heterocycles. The lowest BCUT2D eigenvalue weighted by Gasteiger charge is -2.23. The van der Waals surface area contributed by atoms with Gasteiger partial charge in [0.15, 0.2) is 0 Å². The van der Waals surface area contributed by atoms with Crippen LogP contribution in [0.5, 0.6) is 0 Å². The van der Waals surface area contributed by atoms with Crippen molar-refractivity contribution >= 4 is 27.1 Å². The van der Waals surface area contributed by atoms with Crippen molar-refractivity contribution in [2.45, 2.75) is 13.5 Å². The first-order valence-electron chi connectivity index (χ1n) is 6.22. The first-order valence-corrected chi connectivity index (χ1v) is 8.66. The summed E-state index contributed by atoms with van der Waals surface area (Å²) in [6.07, 6.45) is 1.25. The topological polar surface area (TPSA) is 49.4 Å². The van der Waals surface area contributed by atoms with Gasteiger partial charge in [0.2, 0.25) is 0 Å². The molecule has 0 aromatic heterocycles. The molecule has 6 heteroatoms. The second-order valence-corrected chi connectivity index (χ2v) is 7.24. The molecular formula is C13H21ClN2O2S. The molecule has 4 nitrogen and oxygen atoms in total. The maximum atomic E-state index is 11.2. The predicted molar refractivity (Wildman–Crippen MR) is 81.8 cm³/mol. The van der Waals surface area contributed by atoms with Crippen molar-refractivity contribution < 1.29 is 8.42 Å². The predicted octanol–water partition coefficient (Wildman–Crippen LogP) is 1.93. The summed E-state index contributed by atoms with van der Waals surface area (Å²) >= 11 is 6.21. The van der Waals surface area contributed by atoms with Crippen molar-refractivity contribution in [3.05, 3.63) is 28.8 Å². The molecule has 0 aliphatic rings. The van der Waals surface area contributed by atoms with Crippen molar-refractivity contribution in [1.29, 1.82) is 0 Å². The first-order chi connectivity index (χ1) is 8.85. The minimum atomic E-state index is -2.96. The summed E-state index contributed by atoms with van der Waals surface area (Å²) in [4.78, 5) is 1.93. The van der Waals surface area contributed by atoms with Gasteiger partial charge in [-0.25, -0.2) is 8.42 Å². The number of anilines is 1. The fraction of sp³-hybridized carbons (Fsp3) is 0.538. The van der Waals surface area contributed by atoms with Gasteiger partial charge in [-0.2, -0.15) is 0 Å². The molecule has 1 N–H and O–H groups in total. The minimum Gasteiger partial charge on any atom is -0.373 e. The molecule has 0 amide bonds. The van der Waals surface area contributed by atoms with Crippen LogP contribution in [-0.4, -0.2) is 40.6 Å². The zero-order valence-electron chi connectivity index (χ0n) is 11.6. The Balaban J connectivity index is 2.89. The number of rotatable bonds is 7. The Kier molecular flexibility index (Phi) is 6.10. The van der Waals surface area contributed by atoms with Gasteiger partial charge < -0.3 is 10.2 Å². The summed E-state index contributed by atoms with van der Waals surface area (Å²) in [7, 11) is -1.08. The second kappa shape index (κ2) is 7.12. The van der Waals surface area contributed by atoms with E-state index >= 15 is 0 Å². The molecule has 0 atom stereocenters. The molecule has 1 rings (SSSR count). The lowest BCUT2D eigenvalue weighted by Crippen LogP contribution is -2.26. The van der Waals surface area contributed by atoms with Crippen LogP contribution in [0.1, 0.15) is 12.5 Å². The average Bonchev–Trinajstić information content (AvgIpc) is 2.33. The molecule has 0 aliphatic heterocycles. The fourth-order valence-electron chi connectivity index (χ4n) is 1.75. The van der Waals surface area contributed by atoms with E-state index < -0.39 is 9.84 Å². The van der Waals surface area contributed by atoms with E-state index in [0.29, 0.717) is 18.1 Å². The summed E-state index contributed by atoms with van der Waals surface area (Å²) in [6.45, 7) is 4.02. The fourth-order valence-corrected chi connectivity index (χ4v) is 2.59. The van der Waals surface area contributed by atoms with E-state index in [4.69, 9.17) is 11.6 Å². The van der Waals surface area contributed by atoms with Crippen LogP contribution < -0.4 is 10.2 Å². The zero-order valence-corrected chi connectivity index (χ0v) is 13.2. The summed E-state index contributed by atoms with van der Waals surface area (Å²) in [5, 5.41) is 3.94. The summed E-state index contributed by atoms with van der Waals surface area (Å²) in [5.74, 6) is 0.136. The van der Waals surface area contributed by atoms with E-state index in [1.54, 1.807) is 0 Å². The number of halogens is 1. The average molecular weight is 305 g/mol. The number of sulfone groups is 1. The Hall–Kier alpha value is -0.780. The Morgan fingerprint density at radius 2 is 2.05 bits per heavy atom. The molecule has 1 aromatic rings. The van der Waals surface area contributed by atoms with E-state index in [9.17, 15) is 8.42 Å². The van der Waals surface area contributed by atoms with E-state index in [0.717, 1.165) is 17.8 Å². The quantitative estimate of drug-likeness (QED) is 0.836. The van der Waals surface area contributed by atoms with Gasteiger partial charge in [-0.05, 0) is 18.7 Å². The van der Waals surface area contributed by atoms with Gasteiger partial charge in [-0.15, -0.1) is 0 Å². The van der Waals surface area contributed by atoms with Gasteiger partial charge in [0, 0.05) is 42.7 Å². The third kappa shape index (κ3) is 5.38. The smallest absolute Gasteiger partial charge is 0.149 e. The molecule has 0 saturated carbocycles. The first kappa shape index (κ1) is 16.3. The number of hydrogen-bond acceptors (Lipinski definition) is 4. The van der Waals surface area contributed by atoms with Crippen molar-refractivity contribution in [3.63, 3.8) is 0 Å². The van der Waals surface area contributed by atoms with Crippen LogP contribution in [0.4, 0.5) is 5.69 Å². The summed E-state index contributed by atoms with van der Waals surface area (Å²) < 4.78 is 22.5. The molecule has 19 heavy (non-hydrogen) atoms. The summed E-state index contributed by atoms with van der Waals surface area (Å²) in [5.41, 5.74) is 1.97. The molecule has 0 spiro atoms. The molecule has 0 aliphatic carbocycles. The molecule has 0 fully saturated rings. The summed E-state index contributed by atoms with van der Waals surface area (Å²) in [6, 6.07) is 5.69. The van der Waals surface area contributed by atoms with Crippen molar-refractivity contribution in [3.8, 4) is 0 Å². The zero-order chi connectivity index (χ0) is 14.5. The van der Waals surface area contributed by atoms with Crippen LogP contribution in [0.15, 0.2) is 18.2 Å². The van der Waals surface area contributed by atoms with Crippen LogP contribution in [0, 0.1) is 0 Å². The van der Waals surface area contributed by atoms with Crippen LogP contribution in [0.3, 0.4) is 0 Å². The molecule has 0 bridgehead atoms. The minimum absolute atomic E-state index is 0.136. The van der Waals surface area contributed by atoms with E-state index in [-0.39, 0.29) is 5.75 Å². The van der Waals surface area contributed by atoms with Gasteiger partial charge >= 0.3 is 0 Å². The molecule has 1 aromatic carbocycles. The molecule has 0 radical (unpaired) electrons. The third-order valence-electron chi connectivity index (χ3n) is 2.85. The number of hydrogen-bond donors (Lipinski definition) is 1. The standard InChI is InChI=1S/C13H21ClN2O2S/c1-4-15-10-11-12(14)6-5-7-13(11)16(2)8-9-19(3,17)18/h5-7,15H,4,8-10H2,1-3H3. The molecule has 0 unspecified atom stereocenters. The van der Waals surface area contributed by atoms with Gasteiger partial charge in [-0.1, -0.05) is 24.6 Å². The van der Waals surface area contributed by atoms with Crippen LogP contribution in [0.2, 0.25) is 5.02 Å². The number of nitrogens with zero attached hydrogens (tertiary/aromatic N) is 1. The lowest BCUT2D eigenvalue weighted by molar-refractivity contribution is 0.601. The highest BCUT2D eigenvalue weighted by atomic mass is 35.5. The monoisotopic (exact) mass is 304 g/mol. The Bertz CT molecular complexity index is 517. The SMILES string of the molecule is CCNCc1c(Cl)cccc1N(C)CCS(C)(=O)=O. The number of benzene rings is 1. The molecular weight excluding hydrogens is 284 g/mol. The maximum absolute atomic E-state index is 11.2. The van der Waals surface area contributed by atoms with E-state index in [1.165, 1.54) is 6.26 Å². The second-order valence-electron chi connectivity index (χ2n) is 4.57. The van der Waals surface area contributed by atoms with Gasteiger partial charge in [0.1, 0.15) is 9.84 Å². The highest BCUT2D eigenvalue weighted by molar-refractivity contribution is 7.90. The highest BCUT2D eigenvalue weighted by Crippen LogP contribution is 2.26. The van der Waals surface area contributed by atoms with E-state index in [1.807, 2.05) is 37.1 Å². The van der Waals surface area contributed by atoms with Crippen molar-refractivity contribution in [2.24, 2.45) is 0 Å². The Morgan fingerprint density at radius 3 is 2.63 bits per heavy atom. The number of nitrogens with one attached hydrogen (secondary N) is 1. The molecule has 0 heterocycles. The Morgan fingerprint density at radius 1 is 1.37 bits per heavy atom.